The minimum absolute atomic E-state index is 0.0328. The Bertz CT molecular complexity index is 1700. The van der Waals surface area contributed by atoms with Crippen LogP contribution >= 0.6 is 11.6 Å². The lowest BCUT2D eigenvalue weighted by molar-refractivity contribution is -0.129. The lowest BCUT2D eigenvalue weighted by Crippen LogP contribution is -2.49. The Morgan fingerprint density at radius 2 is 1.66 bits per heavy atom. The SMILES string of the molecule is O=C(NCc1cccc(Cl)c1)[C@]1(CCS(=O)(=O)c2ccccc2)N=C(c2ccc(OCCCO)cc2)O[C@@H]1c1ccccc1. The first kappa shape index (κ1) is 31.3. The van der Waals surface area contributed by atoms with Crippen LogP contribution < -0.4 is 10.1 Å². The van der Waals surface area contributed by atoms with Gasteiger partial charge in [0.1, 0.15) is 5.75 Å². The van der Waals surface area contributed by atoms with Crippen molar-refractivity contribution in [1.29, 1.82) is 0 Å². The average Bonchev–Trinajstić information content (AvgIpc) is 3.45. The summed E-state index contributed by atoms with van der Waals surface area (Å²) >= 11 is 6.17. The number of ether oxygens (including phenoxy) is 2. The molecule has 2 atom stereocenters. The summed E-state index contributed by atoms with van der Waals surface area (Å²) in [6, 6.07) is 31.6. The monoisotopic (exact) mass is 632 g/mol. The van der Waals surface area contributed by atoms with Crippen molar-refractivity contribution in [1.82, 2.24) is 5.32 Å². The molecule has 0 radical (unpaired) electrons. The van der Waals surface area contributed by atoms with E-state index >= 15 is 0 Å². The molecule has 1 amide bonds. The molecule has 10 heteroatoms. The molecule has 8 nitrogen and oxygen atoms in total. The number of aliphatic imine (C=N–C) groups is 1. The highest BCUT2D eigenvalue weighted by atomic mass is 35.5. The highest BCUT2D eigenvalue weighted by Gasteiger charge is 2.53. The van der Waals surface area contributed by atoms with Gasteiger partial charge in [-0.15, -0.1) is 0 Å². The molecular formula is C34H33ClN2O6S. The summed E-state index contributed by atoms with van der Waals surface area (Å²) in [6.07, 6.45) is -0.518. The van der Waals surface area contributed by atoms with Crippen LogP contribution in [0.3, 0.4) is 0 Å². The normalized spacial score (nSPS) is 17.9. The highest BCUT2D eigenvalue weighted by Crippen LogP contribution is 2.43. The van der Waals surface area contributed by atoms with E-state index in [9.17, 15) is 13.2 Å². The van der Waals surface area contributed by atoms with Crippen LogP contribution in [0.1, 0.15) is 35.6 Å². The van der Waals surface area contributed by atoms with E-state index in [-0.39, 0.29) is 36.1 Å². The van der Waals surface area contributed by atoms with Crippen LogP contribution in [0.25, 0.3) is 0 Å². The zero-order valence-electron chi connectivity index (χ0n) is 23.9. The first-order chi connectivity index (χ1) is 21.3. The Kier molecular flexibility index (Phi) is 9.99. The minimum Gasteiger partial charge on any atom is -0.494 e. The molecule has 0 spiro atoms. The number of halogens is 1. The molecule has 1 aliphatic rings. The van der Waals surface area contributed by atoms with Crippen LogP contribution in [-0.2, 0) is 25.9 Å². The van der Waals surface area contributed by atoms with Gasteiger partial charge in [0.2, 0.25) is 5.90 Å². The molecule has 1 aliphatic heterocycles. The summed E-state index contributed by atoms with van der Waals surface area (Å²) < 4.78 is 39.0. The van der Waals surface area contributed by atoms with Crippen molar-refractivity contribution in [3.05, 3.63) is 131 Å². The van der Waals surface area contributed by atoms with Crippen molar-refractivity contribution >= 4 is 33.2 Å². The summed E-state index contributed by atoms with van der Waals surface area (Å²) in [4.78, 5) is 19.3. The van der Waals surface area contributed by atoms with E-state index in [1.165, 1.54) is 0 Å². The van der Waals surface area contributed by atoms with E-state index in [1.54, 1.807) is 72.8 Å². The van der Waals surface area contributed by atoms with Gasteiger partial charge < -0.3 is 19.9 Å². The smallest absolute Gasteiger partial charge is 0.252 e. The van der Waals surface area contributed by atoms with E-state index in [0.29, 0.717) is 34.9 Å². The number of benzene rings is 4. The maximum Gasteiger partial charge on any atom is 0.252 e. The van der Waals surface area contributed by atoms with Crippen LogP contribution in [0, 0.1) is 0 Å². The maximum absolute atomic E-state index is 14.3. The van der Waals surface area contributed by atoms with Gasteiger partial charge in [-0.2, -0.15) is 0 Å². The van der Waals surface area contributed by atoms with E-state index in [2.05, 4.69) is 5.32 Å². The summed E-state index contributed by atoms with van der Waals surface area (Å²) in [5, 5.41) is 12.5. The number of nitrogens with zero attached hydrogens (tertiary/aromatic N) is 1. The number of sulfone groups is 1. The van der Waals surface area contributed by atoms with E-state index in [4.69, 9.17) is 31.2 Å². The predicted octanol–water partition coefficient (Wildman–Crippen LogP) is 5.54. The van der Waals surface area contributed by atoms with Crippen LogP contribution in [0.5, 0.6) is 5.75 Å². The molecule has 5 rings (SSSR count). The lowest BCUT2D eigenvalue weighted by atomic mass is 9.85. The molecule has 4 aromatic rings. The van der Waals surface area contributed by atoms with Gasteiger partial charge >= 0.3 is 0 Å². The predicted molar refractivity (Wildman–Crippen MR) is 170 cm³/mol. The minimum atomic E-state index is -3.75. The van der Waals surface area contributed by atoms with Crippen molar-refractivity contribution in [2.45, 2.75) is 35.9 Å². The summed E-state index contributed by atoms with van der Waals surface area (Å²) in [5.41, 5.74) is 0.475. The molecule has 228 valence electrons. The number of amides is 1. The molecule has 0 bridgehead atoms. The van der Waals surface area contributed by atoms with Crippen molar-refractivity contribution in [2.75, 3.05) is 19.0 Å². The molecule has 44 heavy (non-hydrogen) atoms. The number of rotatable bonds is 13. The number of hydrogen-bond donors (Lipinski definition) is 2. The Morgan fingerprint density at radius 1 is 0.955 bits per heavy atom. The Morgan fingerprint density at radius 3 is 2.34 bits per heavy atom. The van der Waals surface area contributed by atoms with Crippen molar-refractivity contribution in [3.63, 3.8) is 0 Å². The third-order valence-corrected chi connectivity index (χ3v) is 9.30. The lowest BCUT2D eigenvalue weighted by Gasteiger charge is -2.30. The standard InChI is InChI=1S/C34H33ClN2O6S/c35-28-12-7-9-25(23-28)24-36-33(39)34(19-22-44(40,41)30-13-5-2-6-14-30)31(26-10-3-1-4-11-26)43-32(37-34)27-15-17-29(18-16-27)42-21-8-20-38/h1-7,9-18,23,31,38H,8,19-22,24H2,(H,36,39)/t31-,34-/m1/s1. The Labute approximate surface area is 262 Å². The first-order valence-electron chi connectivity index (χ1n) is 14.3. The van der Waals surface area contributed by atoms with Crippen LogP contribution in [0.15, 0.2) is 119 Å². The molecule has 0 aliphatic carbocycles. The molecule has 1 heterocycles. The molecule has 0 unspecified atom stereocenters. The van der Waals surface area contributed by atoms with Crippen LogP contribution in [0.2, 0.25) is 5.02 Å². The molecular weight excluding hydrogens is 600 g/mol. The quantitative estimate of drug-likeness (QED) is 0.187. The van der Waals surface area contributed by atoms with E-state index < -0.39 is 27.4 Å². The second kappa shape index (κ2) is 14.1. The second-order valence-corrected chi connectivity index (χ2v) is 12.9. The van der Waals surface area contributed by atoms with Gasteiger partial charge in [-0.25, -0.2) is 13.4 Å². The number of nitrogens with one attached hydrogen (secondary N) is 1. The van der Waals surface area contributed by atoms with Crippen LogP contribution in [0.4, 0.5) is 0 Å². The fourth-order valence-corrected chi connectivity index (χ4v) is 6.62. The van der Waals surface area contributed by atoms with Gasteiger partial charge in [-0.3, -0.25) is 4.79 Å². The van der Waals surface area contributed by atoms with Crippen molar-refractivity contribution in [3.8, 4) is 5.75 Å². The summed E-state index contributed by atoms with van der Waals surface area (Å²) in [7, 11) is -3.75. The third kappa shape index (κ3) is 7.30. The van der Waals surface area contributed by atoms with Crippen molar-refractivity contribution < 1.29 is 27.8 Å². The first-order valence-corrected chi connectivity index (χ1v) is 16.3. The summed E-state index contributed by atoms with van der Waals surface area (Å²) in [6.45, 7) is 0.568. The third-order valence-electron chi connectivity index (χ3n) is 7.33. The fourth-order valence-electron chi connectivity index (χ4n) is 5.02. The topological polar surface area (TPSA) is 114 Å². The van der Waals surface area contributed by atoms with Gasteiger partial charge in [-0.05, 0) is 59.7 Å². The zero-order valence-corrected chi connectivity index (χ0v) is 25.5. The second-order valence-electron chi connectivity index (χ2n) is 10.4. The average molecular weight is 633 g/mol. The molecule has 2 N–H and O–H groups in total. The Hall–Kier alpha value is -4.18. The molecule has 0 saturated carbocycles. The van der Waals surface area contributed by atoms with E-state index in [0.717, 1.165) is 5.56 Å². The number of aliphatic hydroxyl groups excluding tert-OH is 1. The van der Waals surface area contributed by atoms with Crippen molar-refractivity contribution in [2.24, 2.45) is 4.99 Å². The number of aliphatic hydroxyl groups is 1. The van der Waals surface area contributed by atoms with Gasteiger partial charge in [0.15, 0.2) is 21.5 Å². The van der Waals surface area contributed by atoms with E-state index in [1.807, 2.05) is 36.4 Å². The largest absolute Gasteiger partial charge is 0.494 e. The molecule has 0 aromatic heterocycles. The zero-order chi connectivity index (χ0) is 31.0. The van der Waals surface area contributed by atoms with Crippen LogP contribution in [-0.4, -0.2) is 49.8 Å². The van der Waals surface area contributed by atoms with Gasteiger partial charge in [0, 0.05) is 36.6 Å². The number of carbonyl (C=O) groups excluding carboxylic acids is 1. The molecule has 0 saturated heterocycles. The van der Waals surface area contributed by atoms with Gasteiger partial charge in [0.05, 0.1) is 17.3 Å². The van der Waals surface area contributed by atoms with Gasteiger partial charge in [-0.1, -0.05) is 72.3 Å². The number of hydrogen-bond acceptors (Lipinski definition) is 7. The van der Waals surface area contributed by atoms with Gasteiger partial charge in [0.25, 0.3) is 5.91 Å². The maximum atomic E-state index is 14.3. The fraction of sp³-hybridized carbons (Fsp3) is 0.235. The summed E-state index contributed by atoms with van der Waals surface area (Å²) in [5.74, 6) is 0.0344. The molecule has 4 aromatic carbocycles. The Balaban J connectivity index is 1.53. The highest BCUT2D eigenvalue weighted by molar-refractivity contribution is 7.91. The number of carbonyl (C=O) groups is 1. The molecule has 0 fully saturated rings.